The van der Waals surface area contributed by atoms with Crippen LogP contribution in [0.3, 0.4) is 0 Å². The fourth-order valence-corrected chi connectivity index (χ4v) is 3.46. The minimum Gasteiger partial charge on any atom is -0.493 e. The van der Waals surface area contributed by atoms with Gasteiger partial charge in [0.05, 0.1) is 25.2 Å². The van der Waals surface area contributed by atoms with Crippen LogP contribution in [0.2, 0.25) is 5.02 Å². The Morgan fingerprint density at radius 1 is 1.21 bits per heavy atom. The number of ether oxygens (including phenoxy) is 2. The molecule has 154 valence electrons. The van der Waals surface area contributed by atoms with Crippen LogP contribution in [0.25, 0.3) is 0 Å². The van der Waals surface area contributed by atoms with Gasteiger partial charge in [0.2, 0.25) is 11.8 Å². The van der Waals surface area contributed by atoms with Gasteiger partial charge in [-0.3, -0.25) is 9.59 Å². The van der Waals surface area contributed by atoms with E-state index in [1.807, 2.05) is 18.2 Å². The van der Waals surface area contributed by atoms with Crippen molar-refractivity contribution < 1.29 is 23.5 Å². The van der Waals surface area contributed by atoms with E-state index in [4.69, 9.17) is 21.1 Å². The van der Waals surface area contributed by atoms with Crippen LogP contribution >= 0.6 is 11.6 Å². The SMILES string of the molecule is COc1ccc(CCN2CC(C(=O)Nc3ccc(F)c(Cl)c3)CC2=O)cc1OC. The lowest BCUT2D eigenvalue weighted by Crippen LogP contribution is -2.30. The molecule has 0 aliphatic carbocycles. The third-order valence-corrected chi connectivity index (χ3v) is 5.18. The van der Waals surface area contributed by atoms with Gasteiger partial charge in [-0.15, -0.1) is 0 Å². The van der Waals surface area contributed by atoms with Crippen LogP contribution in [0.1, 0.15) is 12.0 Å². The smallest absolute Gasteiger partial charge is 0.229 e. The number of methoxy groups -OCH3 is 2. The molecule has 8 heteroatoms. The van der Waals surface area contributed by atoms with Gasteiger partial charge in [-0.25, -0.2) is 4.39 Å². The summed E-state index contributed by atoms with van der Waals surface area (Å²) < 4.78 is 23.8. The van der Waals surface area contributed by atoms with E-state index >= 15 is 0 Å². The van der Waals surface area contributed by atoms with Crippen LogP contribution in [0.4, 0.5) is 10.1 Å². The number of hydrogen-bond donors (Lipinski definition) is 1. The second-order valence-electron chi connectivity index (χ2n) is 6.80. The highest BCUT2D eigenvalue weighted by molar-refractivity contribution is 6.31. The third kappa shape index (κ3) is 4.98. The molecule has 0 aromatic heterocycles. The summed E-state index contributed by atoms with van der Waals surface area (Å²) in [6.07, 6.45) is 0.778. The molecule has 2 aromatic rings. The van der Waals surface area contributed by atoms with E-state index in [-0.39, 0.29) is 23.3 Å². The molecule has 1 saturated heterocycles. The molecule has 3 rings (SSSR count). The van der Waals surface area contributed by atoms with Crippen LogP contribution in [0.5, 0.6) is 11.5 Å². The molecule has 1 unspecified atom stereocenters. The molecule has 1 N–H and O–H groups in total. The summed E-state index contributed by atoms with van der Waals surface area (Å²) in [5, 5.41) is 2.63. The molecular formula is C21H22ClFN2O4. The Kier molecular flexibility index (Phi) is 6.59. The van der Waals surface area contributed by atoms with Gasteiger partial charge in [0, 0.05) is 25.2 Å². The van der Waals surface area contributed by atoms with Gasteiger partial charge < -0.3 is 19.7 Å². The Bertz CT molecular complexity index is 922. The molecule has 29 heavy (non-hydrogen) atoms. The largest absolute Gasteiger partial charge is 0.493 e. The first kappa shape index (κ1) is 20.9. The van der Waals surface area contributed by atoms with Gasteiger partial charge in [0.15, 0.2) is 11.5 Å². The zero-order chi connectivity index (χ0) is 21.0. The zero-order valence-electron chi connectivity index (χ0n) is 16.2. The summed E-state index contributed by atoms with van der Waals surface area (Å²) in [6, 6.07) is 9.59. The summed E-state index contributed by atoms with van der Waals surface area (Å²) in [5.74, 6) is -0.0877. The monoisotopic (exact) mass is 420 g/mol. The van der Waals surface area contributed by atoms with E-state index in [0.717, 1.165) is 5.56 Å². The van der Waals surface area contributed by atoms with Crippen LogP contribution in [-0.4, -0.2) is 44.0 Å². The average molecular weight is 421 g/mol. The van der Waals surface area contributed by atoms with E-state index in [1.165, 1.54) is 18.2 Å². The maximum absolute atomic E-state index is 13.2. The average Bonchev–Trinajstić information content (AvgIpc) is 3.09. The number of halogens is 2. The lowest BCUT2D eigenvalue weighted by atomic mass is 10.1. The van der Waals surface area contributed by atoms with E-state index in [9.17, 15) is 14.0 Å². The normalized spacial score (nSPS) is 16.1. The van der Waals surface area contributed by atoms with Gasteiger partial charge in [0.1, 0.15) is 5.82 Å². The molecule has 0 saturated carbocycles. The van der Waals surface area contributed by atoms with Crippen LogP contribution < -0.4 is 14.8 Å². The molecule has 2 amide bonds. The number of carbonyl (C=O) groups excluding carboxylic acids is 2. The number of nitrogens with one attached hydrogen (secondary N) is 1. The highest BCUT2D eigenvalue weighted by Gasteiger charge is 2.34. The molecule has 2 aromatic carbocycles. The van der Waals surface area contributed by atoms with Crippen molar-refractivity contribution in [1.29, 1.82) is 0 Å². The summed E-state index contributed by atoms with van der Waals surface area (Å²) in [6.45, 7) is 0.841. The predicted molar refractivity (Wildman–Crippen MR) is 108 cm³/mol. The second kappa shape index (κ2) is 9.13. The molecule has 0 spiro atoms. The van der Waals surface area contributed by atoms with Crippen molar-refractivity contribution in [1.82, 2.24) is 4.90 Å². The molecule has 1 fully saturated rings. The quantitative estimate of drug-likeness (QED) is 0.744. The molecule has 1 heterocycles. The van der Waals surface area contributed by atoms with Gasteiger partial charge in [-0.1, -0.05) is 17.7 Å². The Morgan fingerprint density at radius 2 is 1.97 bits per heavy atom. The zero-order valence-corrected chi connectivity index (χ0v) is 17.0. The predicted octanol–water partition coefficient (Wildman–Crippen LogP) is 3.53. The molecule has 1 aliphatic heterocycles. The van der Waals surface area contributed by atoms with Crippen LogP contribution in [0, 0.1) is 11.7 Å². The van der Waals surface area contributed by atoms with E-state index < -0.39 is 11.7 Å². The Labute approximate surface area is 173 Å². The van der Waals surface area contributed by atoms with Crippen LogP contribution in [0.15, 0.2) is 36.4 Å². The lowest BCUT2D eigenvalue weighted by Gasteiger charge is -2.17. The van der Waals surface area contributed by atoms with Gasteiger partial charge in [-0.05, 0) is 42.3 Å². The van der Waals surface area contributed by atoms with E-state index in [2.05, 4.69) is 5.32 Å². The van der Waals surface area contributed by atoms with Crippen molar-refractivity contribution in [2.24, 2.45) is 5.92 Å². The van der Waals surface area contributed by atoms with Crippen LogP contribution in [-0.2, 0) is 16.0 Å². The summed E-state index contributed by atoms with van der Waals surface area (Å²) in [7, 11) is 3.15. The minimum atomic E-state index is -0.554. The van der Waals surface area contributed by atoms with Gasteiger partial charge in [0.25, 0.3) is 0 Å². The number of likely N-dealkylation sites (tertiary alicyclic amines) is 1. The fraction of sp³-hybridized carbons (Fsp3) is 0.333. The standard InChI is InChI=1S/C21H22ClFN2O4/c1-28-18-6-3-13(9-19(18)29-2)7-8-25-12-14(10-20(25)26)21(27)24-15-4-5-17(23)16(22)11-15/h3-6,9,11,14H,7-8,10,12H2,1-2H3,(H,24,27). The molecule has 0 bridgehead atoms. The number of nitrogens with zero attached hydrogens (tertiary/aromatic N) is 1. The highest BCUT2D eigenvalue weighted by Crippen LogP contribution is 2.28. The summed E-state index contributed by atoms with van der Waals surface area (Å²) in [5.41, 5.74) is 1.40. The number of hydrogen-bond acceptors (Lipinski definition) is 4. The Morgan fingerprint density at radius 3 is 2.66 bits per heavy atom. The lowest BCUT2D eigenvalue weighted by molar-refractivity contribution is -0.128. The summed E-state index contributed by atoms with van der Waals surface area (Å²) in [4.78, 5) is 26.5. The van der Waals surface area contributed by atoms with E-state index in [0.29, 0.717) is 36.7 Å². The molecule has 1 aliphatic rings. The molecule has 1 atom stereocenters. The Balaban J connectivity index is 1.57. The van der Waals surface area contributed by atoms with Crippen molar-refractivity contribution in [3.8, 4) is 11.5 Å². The minimum absolute atomic E-state index is 0.0669. The number of carbonyl (C=O) groups is 2. The van der Waals surface area contributed by atoms with Crippen molar-refractivity contribution in [2.45, 2.75) is 12.8 Å². The number of anilines is 1. The Hall–Kier alpha value is -2.80. The third-order valence-electron chi connectivity index (χ3n) is 4.89. The maximum atomic E-state index is 13.2. The van der Waals surface area contributed by atoms with Gasteiger partial charge >= 0.3 is 0 Å². The maximum Gasteiger partial charge on any atom is 0.229 e. The number of benzene rings is 2. The molecule has 6 nitrogen and oxygen atoms in total. The van der Waals surface area contributed by atoms with Crippen molar-refractivity contribution in [2.75, 3.05) is 32.6 Å². The number of rotatable bonds is 7. The summed E-state index contributed by atoms with van der Waals surface area (Å²) >= 11 is 5.74. The van der Waals surface area contributed by atoms with Crippen molar-refractivity contribution in [3.05, 3.63) is 52.8 Å². The molecule has 0 radical (unpaired) electrons. The van der Waals surface area contributed by atoms with Gasteiger partial charge in [-0.2, -0.15) is 0 Å². The van der Waals surface area contributed by atoms with E-state index in [1.54, 1.807) is 19.1 Å². The first-order chi connectivity index (χ1) is 13.9. The first-order valence-electron chi connectivity index (χ1n) is 9.16. The van der Waals surface area contributed by atoms with Crippen molar-refractivity contribution in [3.63, 3.8) is 0 Å². The first-order valence-corrected chi connectivity index (χ1v) is 9.53. The highest BCUT2D eigenvalue weighted by atomic mass is 35.5. The topological polar surface area (TPSA) is 67.9 Å². The fourth-order valence-electron chi connectivity index (χ4n) is 3.28. The van der Waals surface area contributed by atoms with Crippen molar-refractivity contribution >= 4 is 29.1 Å². The molecular weight excluding hydrogens is 399 g/mol. The number of amides is 2. The second-order valence-corrected chi connectivity index (χ2v) is 7.21.